The first kappa shape index (κ1) is 16.1. The maximum absolute atomic E-state index is 5.61. The maximum Gasteiger partial charge on any atom is 0.166 e. The minimum Gasteiger partial charge on any atom is -0.370 e. The van der Waals surface area contributed by atoms with Gasteiger partial charge in [0.2, 0.25) is 0 Å². The highest BCUT2D eigenvalue weighted by Crippen LogP contribution is 2.55. The Bertz CT molecular complexity index is 401. The second-order valence-corrected chi connectivity index (χ2v) is 8.95. The molecule has 0 radical (unpaired) electrons. The first-order valence-electron chi connectivity index (χ1n) is 9.68. The van der Waals surface area contributed by atoms with Crippen LogP contribution in [-0.2, 0) is 4.74 Å². The fourth-order valence-corrected chi connectivity index (χ4v) is 6.32. The molecule has 1 aliphatic heterocycles. The molecule has 0 aromatic heterocycles. The van der Waals surface area contributed by atoms with Crippen LogP contribution < -0.4 is 15.5 Å². The molecule has 4 nitrogen and oxygen atoms in total. The normalized spacial score (nSPS) is 39.4. The van der Waals surface area contributed by atoms with Gasteiger partial charge in [-0.05, 0) is 68.5 Å². The van der Waals surface area contributed by atoms with Gasteiger partial charge in [-0.3, -0.25) is 0 Å². The fourth-order valence-electron chi connectivity index (χ4n) is 6.00. The predicted octanol–water partition coefficient (Wildman–Crippen LogP) is 0.725. The van der Waals surface area contributed by atoms with Gasteiger partial charge in [-0.1, -0.05) is 0 Å². The van der Waals surface area contributed by atoms with Crippen LogP contribution in [0.25, 0.3) is 0 Å². The van der Waals surface area contributed by atoms with E-state index in [1.807, 2.05) is 0 Å². The molecule has 4 saturated carbocycles. The molecule has 0 amide bonds. The van der Waals surface area contributed by atoms with Crippen molar-refractivity contribution in [3.63, 3.8) is 0 Å². The van der Waals surface area contributed by atoms with E-state index in [4.69, 9.17) is 17.0 Å². The average Bonchev–Trinajstić information content (AvgIpc) is 2.51. The van der Waals surface area contributed by atoms with E-state index < -0.39 is 0 Å². The molecule has 0 spiro atoms. The summed E-state index contributed by atoms with van der Waals surface area (Å²) in [5.74, 6) is 2.92. The van der Waals surface area contributed by atoms with E-state index in [1.165, 1.54) is 51.5 Å². The topological polar surface area (TPSA) is 37.7 Å². The minimum atomic E-state index is 0.342. The summed E-state index contributed by atoms with van der Waals surface area (Å²) in [5.41, 5.74) is 0.342. The SMILES string of the molecule is S=C(NCCC[NH+]1CCOCC1)NC12CC3CC(CC(C3)C1)C2. The minimum absolute atomic E-state index is 0.342. The van der Waals surface area contributed by atoms with Crippen molar-refractivity contribution in [1.29, 1.82) is 0 Å². The average molecular weight is 339 g/mol. The molecule has 0 aromatic carbocycles. The van der Waals surface area contributed by atoms with Crippen LogP contribution in [0.15, 0.2) is 0 Å². The molecule has 4 aliphatic carbocycles. The Balaban J connectivity index is 1.18. The first-order chi connectivity index (χ1) is 11.2. The van der Waals surface area contributed by atoms with Gasteiger partial charge in [0.25, 0.3) is 0 Å². The summed E-state index contributed by atoms with van der Waals surface area (Å²) < 4.78 is 5.41. The van der Waals surface area contributed by atoms with Gasteiger partial charge in [-0.25, -0.2) is 0 Å². The van der Waals surface area contributed by atoms with E-state index in [9.17, 15) is 0 Å². The van der Waals surface area contributed by atoms with Gasteiger partial charge < -0.3 is 20.3 Å². The predicted molar refractivity (Wildman–Crippen MR) is 95.6 cm³/mol. The van der Waals surface area contributed by atoms with Crippen molar-refractivity contribution in [3.8, 4) is 0 Å². The molecule has 5 aliphatic rings. The number of quaternary nitrogens is 1. The van der Waals surface area contributed by atoms with Gasteiger partial charge >= 0.3 is 0 Å². The largest absolute Gasteiger partial charge is 0.370 e. The lowest BCUT2D eigenvalue weighted by atomic mass is 9.53. The van der Waals surface area contributed by atoms with Crippen LogP contribution >= 0.6 is 12.2 Å². The smallest absolute Gasteiger partial charge is 0.166 e. The standard InChI is InChI=1S/C18H31N3OS/c23-17(19-2-1-3-21-4-6-22-7-5-21)20-18-11-14-8-15(12-18)10-16(9-14)13-18/h14-16H,1-13H2,(H2,19,20,23)/p+1. The maximum atomic E-state index is 5.61. The van der Waals surface area contributed by atoms with Crippen molar-refractivity contribution < 1.29 is 9.64 Å². The molecule has 1 saturated heterocycles. The van der Waals surface area contributed by atoms with Crippen LogP contribution in [0.4, 0.5) is 0 Å². The zero-order chi connectivity index (χ0) is 15.7. The summed E-state index contributed by atoms with van der Waals surface area (Å²) in [6, 6.07) is 0. The van der Waals surface area contributed by atoms with Crippen LogP contribution in [0.2, 0.25) is 0 Å². The summed E-state index contributed by atoms with van der Waals surface area (Å²) in [6.45, 7) is 6.41. The molecule has 0 atom stereocenters. The molecule has 4 bridgehead atoms. The van der Waals surface area contributed by atoms with Crippen molar-refractivity contribution in [2.45, 2.75) is 50.5 Å². The third-order valence-corrected chi connectivity index (χ3v) is 6.86. The van der Waals surface area contributed by atoms with Crippen molar-refractivity contribution >= 4 is 17.3 Å². The Morgan fingerprint density at radius 3 is 2.26 bits per heavy atom. The van der Waals surface area contributed by atoms with Crippen molar-refractivity contribution in [2.75, 3.05) is 39.4 Å². The van der Waals surface area contributed by atoms with Crippen molar-refractivity contribution in [3.05, 3.63) is 0 Å². The molecule has 23 heavy (non-hydrogen) atoms. The number of hydrogen-bond acceptors (Lipinski definition) is 2. The Labute approximate surface area is 145 Å². The lowest BCUT2D eigenvalue weighted by Gasteiger charge is -2.57. The highest BCUT2D eigenvalue weighted by atomic mass is 32.1. The van der Waals surface area contributed by atoms with E-state index in [0.717, 1.165) is 55.7 Å². The quantitative estimate of drug-likeness (QED) is 0.510. The Kier molecular flexibility index (Phi) is 4.79. The second kappa shape index (κ2) is 6.85. The van der Waals surface area contributed by atoms with E-state index in [0.29, 0.717) is 5.54 Å². The molecule has 5 fully saturated rings. The summed E-state index contributed by atoms with van der Waals surface area (Å²) in [4.78, 5) is 1.68. The highest BCUT2D eigenvalue weighted by Gasteiger charge is 2.51. The van der Waals surface area contributed by atoms with E-state index >= 15 is 0 Å². The molecule has 0 aromatic rings. The molecule has 5 rings (SSSR count). The summed E-state index contributed by atoms with van der Waals surface area (Å²) in [5, 5.41) is 8.14. The lowest BCUT2D eigenvalue weighted by molar-refractivity contribution is -0.908. The monoisotopic (exact) mass is 338 g/mol. The van der Waals surface area contributed by atoms with Crippen LogP contribution in [0.3, 0.4) is 0 Å². The van der Waals surface area contributed by atoms with Crippen LogP contribution in [0, 0.1) is 17.8 Å². The van der Waals surface area contributed by atoms with Crippen molar-refractivity contribution in [2.24, 2.45) is 17.8 Å². The summed E-state index contributed by atoms with van der Waals surface area (Å²) >= 11 is 5.61. The number of rotatable bonds is 5. The van der Waals surface area contributed by atoms with Gasteiger partial charge in [0.1, 0.15) is 13.1 Å². The van der Waals surface area contributed by atoms with E-state index in [-0.39, 0.29) is 0 Å². The van der Waals surface area contributed by atoms with Gasteiger partial charge in [0, 0.05) is 18.5 Å². The molecule has 5 heteroatoms. The molecule has 1 heterocycles. The van der Waals surface area contributed by atoms with Gasteiger partial charge in [-0.2, -0.15) is 0 Å². The number of hydrogen-bond donors (Lipinski definition) is 3. The Hall–Kier alpha value is -0.390. The summed E-state index contributed by atoms with van der Waals surface area (Å²) in [7, 11) is 0. The van der Waals surface area contributed by atoms with Crippen LogP contribution in [0.5, 0.6) is 0 Å². The van der Waals surface area contributed by atoms with Crippen molar-refractivity contribution in [1.82, 2.24) is 10.6 Å². The Morgan fingerprint density at radius 2 is 1.65 bits per heavy atom. The molecule has 0 unspecified atom stereocenters. The Morgan fingerprint density at radius 1 is 1.04 bits per heavy atom. The number of nitrogens with one attached hydrogen (secondary N) is 3. The molecular formula is C18H32N3OS+. The summed E-state index contributed by atoms with van der Waals surface area (Å²) in [6.07, 6.45) is 9.74. The van der Waals surface area contributed by atoms with Crippen LogP contribution in [-0.4, -0.2) is 50.0 Å². The fraction of sp³-hybridized carbons (Fsp3) is 0.944. The second-order valence-electron chi connectivity index (χ2n) is 8.54. The van der Waals surface area contributed by atoms with Gasteiger partial charge in [-0.15, -0.1) is 0 Å². The van der Waals surface area contributed by atoms with E-state index in [2.05, 4.69) is 10.6 Å². The number of thiocarbonyl (C=S) groups is 1. The molecular weight excluding hydrogens is 306 g/mol. The third-order valence-electron chi connectivity index (χ3n) is 6.61. The number of morpholine rings is 1. The third kappa shape index (κ3) is 3.83. The highest BCUT2D eigenvalue weighted by molar-refractivity contribution is 7.80. The first-order valence-corrected chi connectivity index (χ1v) is 10.1. The zero-order valence-electron chi connectivity index (χ0n) is 14.2. The number of ether oxygens (including phenoxy) is 1. The van der Waals surface area contributed by atoms with Gasteiger partial charge in [0.15, 0.2) is 5.11 Å². The lowest BCUT2D eigenvalue weighted by Crippen LogP contribution is -3.14. The van der Waals surface area contributed by atoms with Crippen LogP contribution in [0.1, 0.15) is 44.9 Å². The molecule has 3 N–H and O–H groups in total. The molecule has 130 valence electrons. The zero-order valence-corrected chi connectivity index (χ0v) is 15.1. The van der Waals surface area contributed by atoms with Gasteiger partial charge in [0.05, 0.1) is 19.8 Å². The van der Waals surface area contributed by atoms with E-state index in [1.54, 1.807) is 4.90 Å².